The van der Waals surface area contributed by atoms with Gasteiger partial charge >= 0.3 is 0 Å². The van der Waals surface area contributed by atoms with Crippen LogP contribution in [0.5, 0.6) is 0 Å². The van der Waals surface area contributed by atoms with Crippen molar-refractivity contribution in [1.82, 2.24) is 20.1 Å². The Morgan fingerprint density at radius 1 is 1.35 bits per heavy atom. The summed E-state index contributed by atoms with van der Waals surface area (Å²) in [5.74, 6) is 1.65. The molecule has 2 rings (SSSR count). The summed E-state index contributed by atoms with van der Waals surface area (Å²) < 4.78 is 7.07. The number of aromatic nitrogens is 3. The number of methoxy groups -OCH3 is 1. The number of nitrogens with zero attached hydrogens (tertiary/aromatic N) is 3. The van der Waals surface area contributed by atoms with Gasteiger partial charge in [-0.3, -0.25) is 4.79 Å². The number of amides is 1. The molecule has 23 heavy (non-hydrogen) atoms. The minimum Gasteiger partial charge on any atom is -0.383 e. The molecule has 3 N–H and O–H groups in total. The fraction of sp³-hybridized carbons (Fsp3) is 0.786. The second-order valence-corrected chi connectivity index (χ2v) is 5.47. The zero-order valence-electron chi connectivity index (χ0n) is 13.7. The summed E-state index contributed by atoms with van der Waals surface area (Å²) in [6.45, 7) is 3.15. The molecule has 1 aliphatic rings. The maximum Gasteiger partial charge on any atom is 0.239 e. The number of carbonyl (C=O) groups is 1. The van der Waals surface area contributed by atoms with Crippen LogP contribution in [-0.4, -0.2) is 40.4 Å². The minimum absolute atomic E-state index is 0. The van der Waals surface area contributed by atoms with Gasteiger partial charge in [0.05, 0.1) is 12.6 Å². The number of hydrogen-bond donors (Lipinski definition) is 2. The van der Waals surface area contributed by atoms with Gasteiger partial charge in [0.15, 0.2) is 5.82 Å². The quantitative estimate of drug-likeness (QED) is 0.791. The van der Waals surface area contributed by atoms with Crippen molar-refractivity contribution in [1.29, 1.82) is 0 Å². The van der Waals surface area contributed by atoms with Gasteiger partial charge in [0.25, 0.3) is 0 Å². The van der Waals surface area contributed by atoms with Crippen LogP contribution < -0.4 is 11.1 Å². The first kappa shape index (κ1) is 22.1. The molecule has 0 fully saturated rings. The predicted molar refractivity (Wildman–Crippen MR) is 93.1 cm³/mol. The summed E-state index contributed by atoms with van der Waals surface area (Å²) in [4.78, 5) is 12.1. The lowest BCUT2D eigenvalue weighted by atomic mass is 10.2. The number of aryl methyl sites for hydroxylation is 1. The average molecular weight is 368 g/mol. The Hall–Kier alpha value is -0.890. The molecule has 2 unspecified atom stereocenters. The molecule has 1 aromatic heterocycles. The molecule has 0 aliphatic carbocycles. The normalized spacial score (nSPS) is 16.1. The highest BCUT2D eigenvalue weighted by Gasteiger charge is 2.24. The summed E-state index contributed by atoms with van der Waals surface area (Å²) in [5.41, 5.74) is 5.77. The predicted octanol–water partition coefficient (Wildman–Crippen LogP) is 1.39. The fourth-order valence-corrected chi connectivity index (χ4v) is 2.65. The van der Waals surface area contributed by atoms with Gasteiger partial charge in [0, 0.05) is 20.1 Å². The standard InChI is InChI=1S/C14H25N5O2.2ClH/c1-3-11(16-14(20)10(15)9-21-2)13-18-17-12-7-5-4-6-8-19(12)13;;/h10-11H,3-9,15H2,1-2H3,(H,16,20);2*1H. The zero-order valence-corrected chi connectivity index (χ0v) is 15.3. The number of nitrogens with one attached hydrogen (secondary N) is 1. The summed E-state index contributed by atoms with van der Waals surface area (Å²) in [5, 5.41) is 11.5. The topological polar surface area (TPSA) is 95.1 Å². The summed E-state index contributed by atoms with van der Waals surface area (Å²) >= 11 is 0. The lowest BCUT2D eigenvalue weighted by molar-refractivity contribution is -0.124. The molecule has 134 valence electrons. The maximum atomic E-state index is 12.1. The molecule has 1 amide bonds. The van der Waals surface area contributed by atoms with Crippen LogP contribution in [0.2, 0.25) is 0 Å². The Kier molecular flexibility index (Phi) is 10.4. The van der Waals surface area contributed by atoms with E-state index < -0.39 is 6.04 Å². The van der Waals surface area contributed by atoms with Crippen LogP contribution in [0.4, 0.5) is 0 Å². The largest absolute Gasteiger partial charge is 0.383 e. The number of halogens is 2. The van der Waals surface area contributed by atoms with Gasteiger partial charge < -0.3 is 20.4 Å². The molecule has 0 radical (unpaired) electrons. The third-order valence-corrected chi connectivity index (χ3v) is 3.86. The molecule has 0 aromatic carbocycles. The number of nitrogens with two attached hydrogens (primary N) is 1. The number of ether oxygens (including phenoxy) is 1. The first-order valence-corrected chi connectivity index (χ1v) is 7.64. The Bertz CT molecular complexity index is 484. The Morgan fingerprint density at radius 3 is 2.74 bits per heavy atom. The summed E-state index contributed by atoms with van der Waals surface area (Å²) in [6.07, 6.45) is 5.21. The lowest BCUT2D eigenvalue weighted by Gasteiger charge is -2.20. The molecule has 2 heterocycles. The van der Waals surface area contributed by atoms with Gasteiger partial charge in [-0.1, -0.05) is 13.3 Å². The van der Waals surface area contributed by atoms with Gasteiger partial charge in [-0.15, -0.1) is 35.0 Å². The van der Waals surface area contributed by atoms with Crippen LogP contribution in [0.3, 0.4) is 0 Å². The van der Waals surface area contributed by atoms with Gasteiger partial charge in [0.2, 0.25) is 5.91 Å². The molecular weight excluding hydrogens is 341 g/mol. The maximum absolute atomic E-state index is 12.1. The molecule has 0 saturated carbocycles. The van der Waals surface area contributed by atoms with Crippen molar-refractivity contribution >= 4 is 30.7 Å². The van der Waals surface area contributed by atoms with Crippen molar-refractivity contribution in [3.8, 4) is 0 Å². The van der Waals surface area contributed by atoms with Crippen LogP contribution in [0.15, 0.2) is 0 Å². The number of rotatable bonds is 6. The van der Waals surface area contributed by atoms with Crippen LogP contribution >= 0.6 is 24.8 Å². The molecule has 0 saturated heterocycles. The minimum atomic E-state index is -0.657. The van der Waals surface area contributed by atoms with Crippen molar-refractivity contribution in [2.45, 2.75) is 57.7 Å². The van der Waals surface area contributed by atoms with Crippen LogP contribution in [0.25, 0.3) is 0 Å². The molecule has 1 aliphatic heterocycles. The highest BCUT2D eigenvalue weighted by Crippen LogP contribution is 2.20. The van der Waals surface area contributed by atoms with E-state index in [1.807, 2.05) is 6.92 Å². The van der Waals surface area contributed by atoms with Crippen LogP contribution in [0, 0.1) is 0 Å². The van der Waals surface area contributed by atoms with E-state index in [4.69, 9.17) is 10.5 Å². The van der Waals surface area contributed by atoms with Crippen molar-refractivity contribution in [3.05, 3.63) is 11.6 Å². The molecule has 9 heteroatoms. The third-order valence-electron chi connectivity index (χ3n) is 3.86. The van der Waals surface area contributed by atoms with Crippen molar-refractivity contribution in [2.75, 3.05) is 13.7 Å². The smallest absolute Gasteiger partial charge is 0.239 e. The van der Waals surface area contributed by atoms with E-state index >= 15 is 0 Å². The zero-order chi connectivity index (χ0) is 15.2. The molecular formula is C14H27Cl2N5O2. The van der Waals surface area contributed by atoms with E-state index in [-0.39, 0.29) is 43.4 Å². The van der Waals surface area contributed by atoms with Gasteiger partial charge in [-0.2, -0.15) is 0 Å². The third kappa shape index (κ3) is 5.60. The average Bonchev–Trinajstić information content (AvgIpc) is 2.73. The highest BCUT2D eigenvalue weighted by atomic mass is 35.5. The van der Waals surface area contributed by atoms with E-state index in [0.29, 0.717) is 0 Å². The number of fused-ring (bicyclic) bond motifs is 1. The van der Waals surface area contributed by atoms with Gasteiger partial charge in [-0.05, 0) is 19.3 Å². The Labute approximate surface area is 149 Å². The SMILES string of the molecule is CCC(NC(=O)C(N)COC)c1nnc2n1CCCCC2.Cl.Cl. The first-order valence-electron chi connectivity index (χ1n) is 7.64. The monoisotopic (exact) mass is 367 g/mol. The van der Waals surface area contributed by atoms with E-state index in [1.165, 1.54) is 13.5 Å². The Morgan fingerprint density at radius 2 is 2.09 bits per heavy atom. The number of hydrogen-bond acceptors (Lipinski definition) is 5. The molecule has 7 nitrogen and oxygen atoms in total. The van der Waals surface area contributed by atoms with Crippen LogP contribution in [-0.2, 0) is 22.5 Å². The summed E-state index contributed by atoms with van der Waals surface area (Å²) in [6, 6.07) is -0.810. The van der Waals surface area contributed by atoms with Gasteiger partial charge in [-0.25, -0.2) is 0 Å². The molecule has 0 bridgehead atoms. The van der Waals surface area contributed by atoms with Crippen LogP contribution in [0.1, 0.15) is 50.3 Å². The van der Waals surface area contributed by atoms with E-state index in [1.54, 1.807) is 0 Å². The second-order valence-electron chi connectivity index (χ2n) is 5.47. The van der Waals surface area contributed by atoms with Crippen molar-refractivity contribution in [3.63, 3.8) is 0 Å². The van der Waals surface area contributed by atoms with E-state index in [9.17, 15) is 4.79 Å². The van der Waals surface area contributed by atoms with Crippen molar-refractivity contribution in [2.24, 2.45) is 5.73 Å². The van der Waals surface area contributed by atoms with Crippen molar-refractivity contribution < 1.29 is 9.53 Å². The first-order chi connectivity index (χ1) is 10.2. The lowest BCUT2D eigenvalue weighted by Crippen LogP contribution is -2.45. The highest BCUT2D eigenvalue weighted by molar-refractivity contribution is 5.85. The van der Waals surface area contributed by atoms with E-state index in [2.05, 4.69) is 20.1 Å². The number of carbonyl (C=O) groups excluding carboxylic acids is 1. The molecule has 0 spiro atoms. The molecule has 2 atom stereocenters. The second kappa shape index (κ2) is 10.8. The summed E-state index contributed by atoms with van der Waals surface area (Å²) in [7, 11) is 1.53. The molecule has 1 aromatic rings. The van der Waals surface area contributed by atoms with Gasteiger partial charge in [0.1, 0.15) is 11.9 Å². The van der Waals surface area contributed by atoms with E-state index in [0.717, 1.165) is 43.9 Å². The Balaban J connectivity index is 0.00000242. The fourth-order valence-electron chi connectivity index (χ4n) is 2.65.